The second-order valence-corrected chi connectivity index (χ2v) is 4.75. The summed E-state index contributed by atoms with van der Waals surface area (Å²) in [6.45, 7) is 0.731. The number of carbonyl (C=O) groups is 3. The molecule has 0 atom stereocenters. The fourth-order valence-corrected chi connectivity index (χ4v) is 2.54. The van der Waals surface area contributed by atoms with E-state index in [0.717, 1.165) is 5.56 Å². The van der Waals surface area contributed by atoms with Gasteiger partial charge in [0.2, 0.25) is 5.91 Å². The molecule has 7 nitrogen and oxygen atoms in total. The molecule has 0 spiro atoms. The van der Waals surface area contributed by atoms with E-state index in [-0.39, 0.29) is 12.3 Å². The van der Waals surface area contributed by atoms with Crippen LogP contribution in [0.5, 0.6) is 0 Å². The normalized spacial score (nSPS) is 18.0. The molecule has 2 N–H and O–H groups in total. The predicted molar refractivity (Wildman–Crippen MR) is 71.0 cm³/mol. The smallest absolute Gasteiger partial charge is 0.411 e. The average molecular weight is 275 g/mol. The van der Waals surface area contributed by atoms with Crippen molar-refractivity contribution in [1.82, 2.24) is 5.32 Å². The van der Waals surface area contributed by atoms with Crippen LogP contribution in [0.25, 0.3) is 0 Å². The summed E-state index contributed by atoms with van der Waals surface area (Å²) in [6, 6.07) is 4.82. The molecule has 2 aliphatic heterocycles. The predicted octanol–water partition coefficient (Wildman–Crippen LogP) is 1.17. The first-order valence-corrected chi connectivity index (χ1v) is 6.31. The Bertz CT molecular complexity index is 614. The van der Waals surface area contributed by atoms with Crippen LogP contribution in [0.15, 0.2) is 18.2 Å². The zero-order valence-electron chi connectivity index (χ0n) is 10.6. The van der Waals surface area contributed by atoms with Crippen molar-refractivity contribution in [1.29, 1.82) is 0 Å². The highest BCUT2D eigenvalue weighted by Crippen LogP contribution is 2.32. The third-order valence-corrected chi connectivity index (χ3v) is 3.56. The molecule has 0 unspecified atom stereocenters. The molecule has 0 saturated carbocycles. The molecule has 7 heteroatoms. The standard InChI is InChI=1S/C13H13N3O4/c17-11-4-6-15(12(18)14-11)9-2-1-8-3-5-16(13(19)20)10(8)7-9/h1-2,7H,3-6H2,(H,19,20)(H,14,17,18). The molecule has 2 aliphatic rings. The minimum absolute atomic E-state index is 0.242. The van der Waals surface area contributed by atoms with E-state index in [1.54, 1.807) is 12.1 Å². The maximum atomic E-state index is 11.8. The molecule has 3 rings (SSSR count). The molecular weight excluding hydrogens is 262 g/mol. The van der Waals surface area contributed by atoms with Crippen molar-refractivity contribution in [2.75, 3.05) is 22.9 Å². The highest BCUT2D eigenvalue weighted by Gasteiger charge is 2.28. The summed E-state index contributed by atoms with van der Waals surface area (Å²) in [5, 5.41) is 11.4. The summed E-state index contributed by atoms with van der Waals surface area (Å²) in [4.78, 5) is 36.8. The number of benzene rings is 1. The molecule has 0 radical (unpaired) electrons. The molecule has 104 valence electrons. The number of nitrogens with zero attached hydrogens (tertiary/aromatic N) is 2. The van der Waals surface area contributed by atoms with Crippen LogP contribution in [0.1, 0.15) is 12.0 Å². The van der Waals surface area contributed by atoms with Crippen LogP contribution in [0.4, 0.5) is 21.0 Å². The lowest BCUT2D eigenvalue weighted by atomic mass is 10.1. The maximum absolute atomic E-state index is 11.8. The number of hydrogen-bond donors (Lipinski definition) is 2. The Labute approximate surface area is 114 Å². The number of carboxylic acid groups (broad SMARTS) is 1. The van der Waals surface area contributed by atoms with Gasteiger partial charge in [-0.1, -0.05) is 6.07 Å². The minimum atomic E-state index is -1.00. The number of imide groups is 1. The van der Waals surface area contributed by atoms with Gasteiger partial charge >= 0.3 is 12.1 Å². The summed E-state index contributed by atoms with van der Waals surface area (Å²) in [5.74, 6) is -0.292. The van der Waals surface area contributed by atoms with Crippen LogP contribution in [-0.2, 0) is 11.2 Å². The van der Waals surface area contributed by atoms with Crippen LogP contribution in [0, 0.1) is 0 Å². The van der Waals surface area contributed by atoms with Gasteiger partial charge in [-0.25, -0.2) is 9.59 Å². The minimum Gasteiger partial charge on any atom is -0.465 e. The zero-order valence-corrected chi connectivity index (χ0v) is 10.6. The van der Waals surface area contributed by atoms with Crippen LogP contribution < -0.4 is 15.1 Å². The Morgan fingerprint density at radius 2 is 2.00 bits per heavy atom. The van der Waals surface area contributed by atoms with Crippen molar-refractivity contribution < 1.29 is 19.5 Å². The molecule has 20 heavy (non-hydrogen) atoms. The van der Waals surface area contributed by atoms with E-state index >= 15 is 0 Å². The van der Waals surface area contributed by atoms with Crippen LogP contribution in [0.3, 0.4) is 0 Å². The highest BCUT2D eigenvalue weighted by atomic mass is 16.4. The first-order chi connectivity index (χ1) is 9.56. The van der Waals surface area contributed by atoms with Crippen molar-refractivity contribution >= 4 is 29.4 Å². The van der Waals surface area contributed by atoms with E-state index in [1.807, 2.05) is 6.07 Å². The van der Waals surface area contributed by atoms with Gasteiger partial charge in [0.25, 0.3) is 0 Å². The second kappa shape index (κ2) is 4.52. The van der Waals surface area contributed by atoms with Crippen molar-refractivity contribution in [3.8, 4) is 0 Å². The van der Waals surface area contributed by atoms with Crippen LogP contribution >= 0.6 is 0 Å². The van der Waals surface area contributed by atoms with Gasteiger partial charge in [0.15, 0.2) is 0 Å². The quantitative estimate of drug-likeness (QED) is 0.805. The zero-order chi connectivity index (χ0) is 14.3. The number of urea groups is 1. The molecule has 0 aromatic heterocycles. The van der Waals surface area contributed by atoms with Crippen molar-refractivity contribution in [3.05, 3.63) is 23.8 Å². The van der Waals surface area contributed by atoms with E-state index in [2.05, 4.69) is 5.32 Å². The summed E-state index contributed by atoms with van der Waals surface area (Å²) in [5.41, 5.74) is 2.16. The fraction of sp³-hybridized carbons (Fsp3) is 0.308. The van der Waals surface area contributed by atoms with Gasteiger partial charge in [-0.2, -0.15) is 0 Å². The van der Waals surface area contributed by atoms with Crippen LogP contribution in [0.2, 0.25) is 0 Å². The van der Waals surface area contributed by atoms with Crippen molar-refractivity contribution in [2.45, 2.75) is 12.8 Å². The van der Waals surface area contributed by atoms with Gasteiger partial charge in [-0.15, -0.1) is 0 Å². The lowest BCUT2D eigenvalue weighted by Crippen LogP contribution is -2.49. The second-order valence-electron chi connectivity index (χ2n) is 4.75. The number of carbonyl (C=O) groups excluding carboxylic acids is 2. The van der Waals surface area contributed by atoms with Gasteiger partial charge in [-0.3, -0.25) is 19.9 Å². The third kappa shape index (κ3) is 1.97. The van der Waals surface area contributed by atoms with E-state index in [4.69, 9.17) is 5.11 Å². The highest BCUT2D eigenvalue weighted by molar-refractivity contribution is 6.06. The number of fused-ring (bicyclic) bond motifs is 1. The molecule has 1 fully saturated rings. The number of rotatable bonds is 1. The first-order valence-electron chi connectivity index (χ1n) is 6.31. The van der Waals surface area contributed by atoms with Crippen molar-refractivity contribution in [2.24, 2.45) is 0 Å². The van der Waals surface area contributed by atoms with Gasteiger partial charge in [-0.05, 0) is 24.1 Å². The van der Waals surface area contributed by atoms with Crippen molar-refractivity contribution in [3.63, 3.8) is 0 Å². The molecule has 0 aliphatic carbocycles. The van der Waals surface area contributed by atoms with Gasteiger partial charge < -0.3 is 5.11 Å². The van der Waals surface area contributed by atoms with Gasteiger partial charge in [0.05, 0.1) is 5.69 Å². The van der Waals surface area contributed by atoms with E-state index in [0.29, 0.717) is 30.9 Å². The Hall–Kier alpha value is -2.57. The topological polar surface area (TPSA) is 90.0 Å². The lowest BCUT2D eigenvalue weighted by Gasteiger charge is -2.27. The Morgan fingerprint density at radius 3 is 2.70 bits per heavy atom. The summed E-state index contributed by atoms with van der Waals surface area (Å²) >= 11 is 0. The Kier molecular flexibility index (Phi) is 2.81. The summed E-state index contributed by atoms with van der Waals surface area (Å²) < 4.78 is 0. The molecule has 0 bridgehead atoms. The largest absolute Gasteiger partial charge is 0.465 e. The summed E-state index contributed by atoms with van der Waals surface area (Å²) in [7, 11) is 0. The summed E-state index contributed by atoms with van der Waals surface area (Å²) in [6.07, 6.45) is -0.0860. The Morgan fingerprint density at radius 1 is 1.20 bits per heavy atom. The van der Waals surface area contributed by atoms with E-state index in [9.17, 15) is 14.4 Å². The molecular formula is C13H13N3O4. The monoisotopic (exact) mass is 275 g/mol. The maximum Gasteiger partial charge on any atom is 0.411 e. The number of amides is 4. The van der Waals surface area contributed by atoms with E-state index in [1.165, 1.54) is 9.80 Å². The van der Waals surface area contributed by atoms with Gasteiger partial charge in [0, 0.05) is 25.2 Å². The number of hydrogen-bond acceptors (Lipinski definition) is 3. The average Bonchev–Trinajstić information content (AvgIpc) is 2.81. The van der Waals surface area contributed by atoms with Crippen LogP contribution in [-0.4, -0.2) is 36.2 Å². The third-order valence-electron chi connectivity index (χ3n) is 3.56. The van der Waals surface area contributed by atoms with Gasteiger partial charge in [0.1, 0.15) is 0 Å². The molecule has 1 aromatic carbocycles. The fourth-order valence-electron chi connectivity index (χ4n) is 2.54. The number of nitrogens with one attached hydrogen (secondary N) is 1. The molecule has 1 aromatic rings. The number of anilines is 2. The first kappa shape index (κ1) is 12.5. The van der Waals surface area contributed by atoms with E-state index < -0.39 is 12.1 Å². The molecule has 1 saturated heterocycles. The molecule has 2 heterocycles. The molecule has 4 amide bonds. The lowest BCUT2D eigenvalue weighted by molar-refractivity contribution is -0.120. The SMILES string of the molecule is O=C1CCN(c2ccc3c(c2)N(C(=O)O)CC3)C(=O)N1. The Balaban J connectivity index is 1.93.